The second kappa shape index (κ2) is 2.85. The molecule has 1 aliphatic carbocycles. The maximum Gasteiger partial charge on any atom is -0.111 e. The molecule has 0 heteroatoms. The summed E-state index contributed by atoms with van der Waals surface area (Å²) in [7, 11) is 0. The van der Waals surface area contributed by atoms with E-state index in [0.29, 0.717) is 0 Å². The van der Waals surface area contributed by atoms with Crippen LogP contribution in [0.4, 0.5) is 0 Å². The van der Waals surface area contributed by atoms with Crippen LogP contribution in [0, 0.1) is 12.8 Å². The third-order valence-electron chi connectivity index (χ3n) is 2.61. The smallest absolute Gasteiger partial charge is 0.111 e. The zero-order valence-electron chi connectivity index (χ0n) is 7.77. The molecule has 68 valence electrons. The lowest BCUT2D eigenvalue weighted by atomic mass is 9.86. The zero-order valence-corrected chi connectivity index (χ0v) is 7.77. The molecule has 0 saturated carbocycles. The van der Waals surface area contributed by atoms with Gasteiger partial charge in [-0.05, 0) is 0 Å². The summed E-state index contributed by atoms with van der Waals surface area (Å²) in [6, 6.07) is 16.9. The maximum atomic E-state index is 2.24. The van der Waals surface area contributed by atoms with Crippen molar-refractivity contribution in [2.45, 2.75) is 0 Å². The van der Waals surface area contributed by atoms with Gasteiger partial charge in [-0.3, -0.25) is 0 Å². The molecule has 0 N–H and O–H groups in total. The van der Waals surface area contributed by atoms with Crippen LogP contribution in [0.5, 0.6) is 0 Å². The highest BCUT2D eigenvalue weighted by Gasteiger charge is 1.98. The van der Waals surface area contributed by atoms with Gasteiger partial charge in [0.25, 0.3) is 0 Å². The summed E-state index contributed by atoms with van der Waals surface area (Å²) < 4.78 is 0. The molecule has 0 saturated heterocycles. The molecule has 0 radical (unpaired) electrons. The Morgan fingerprint density at radius 2 is 0.786 bits per heavy atom. The molecule has 3 rings (SSSR count). The van der Waals surface area contributed by atoms with Crippen LogP contribution in [0.25, 0.3) is 0 Å². The van der Waals surface area contributed by atoms with Gasteiger partial charge < -0.3 is 0 Å². The molecule has 0 heterocycles. The Hall–Kier alpha value is -1.82. The minimum Gasteiger partial charge on any atom is -0.193 e. The van der Waals surface area contributed by atoms with Gasteiger partial charge in [0.1, 0.15) is 0 Å². The van der Waals surface area contributed by atoms with Crippen molar-refractivity contribution in [3.63, 3.8) is 0 Å². The summed E-state index contributed by atoms with van der Waals surface area (Å²) in [6.07, 6.45) is 4.48. The van der Waals surface area contributed by atoms with Crippen LogP contribution in [0.15, 0.2) is 48.5 Å². The Kier molecular flexibility index (Phi) is 1.54. The standard InChI is InChI=1S/C14H10/c1-2-6-12-10-14-8-4-3-7-13(14)9-11(12)5-1/h1-10H/q-2. The van der Waals surface area contributed by atoms with Gasteiger partial charge >= 0.3 is 0 Å². The van der Waals surface area contributed by atoms with E-state index < -0.39 is 0 Å². The summed E-state index contributed by atoms with van der Waals surface area (Å²) in [5, 5.41) is 0. The lowest BCUT2D eigenvalue weighted by Gasteiger charge is -2.33. The van der Waals surface area contributed by atoms with Gasteiger partial charge in [0.2, 0.25) is 0 Å². The van der Waals surface area contributed by atoms with E-state index in [1.807, 2.05) is 0 Å². The average Bonchev–Trinajstić information content (AvgIpc) is 2.26. The molecule has 0 bridgehead atoms. The minimum absolute atomic E-state index is 1.31. The van der Waals surface area contributed by atoms with Crippen molar-refractivity contribution in [2.24, 2.45) is 0 Å². The average molecular weight is 178 g/mol. The Morgan fingerprint density at radius 1 is 0.500 bits per heavy atom. The number of rotatable bonds is 0. The summed E-state index contributed by atoms with van der Waals surface area (Å²) in [5.41, 5.74) is 5.25. The van der Waals surface area contributed by atoms with Crippen molar-refractivity contribution in [1.82, 2.24) is 0 Å². The molecule has 0 atom stereocenters. The number of hydrogen-bond donors (Lipinski definition) is 0. The van der Waals surface area contributed by atoms with Crippen molar-refractivity contribution in [1.29, 1.82) is 0 Å². The topological polar surface area (TPSA) is 0 Å². The lowest BCUT2D eigenvalue weighted by Crippen LogP contribution is -2.02. The summed E-state index contributed by atoms with van der Waals surface area (Å²) in [6.45, 7) is 0. The Bertz CT molecular complexity index is 381. The first-order chi connectivity index (χ1) is 6.93. The van der Waals surface area contributed by atoms with E-state index in [9.17, 15) is 0 Å². The quantitative estimate of drug-likeness (QED) is 0.464. The number of benzene rings is 2. The van der Waals surface area contributed by atoms with E-state index in [4.69, 9.17) is 0 Å². The monoisotopic (exact) mass is 178 g/mol. The van der Waals surface area contributed by atoms with Gasteiger partial charge in [-0.15, -0.1) is 24.3 Å². The fraction of sp³-hybridized carbons (Fsp3) is 0. The van der Waals surface area contributed by atoms with Crippen LogP contribution in [-0.4, -0.2) is 0 Å². The lowest BCUT2D eigenvalue weighted by molar-refractivity contribution is 1.26. The number of hydrogen-bond acceptors (Lipinski definition) is 0. The van der Waals surface area contributed by atoms with Gasteiger partial charge in [-0.25, -0.2) is 0 Å². The molecule has 0 spiro atoms. The van der Waals surface area contributed by atoms with E-state index >= 15 is 0 Å². The van der Waals surface area contributed by atoms with Gasteiger partial charge in [-0.1, -0.05) is 0 Å². The predicted molar refractivity (Wildman–Crippen MR) is 57.9 cm³/mol. The van der Waals surface area contributed by atoms with Gasteiger partial charge in [-0.2, -0.15) is 59.4 Å². The second-order valence-electron chi connectivity index (χ2n) is 3.55. The van der Waals surface area contributed by atoms with Gasteiger partial charge in [0, 0.05) is 0 Å². The Balaban J connectivity index is 2.12. The first kappa shape index (κ1) is 7.57. The highest BCUT2D eigenvalue weighted by Crippen LogP contribution is 2.29. The fourth-order valence-electron chi connectivity index (χ4n) is 1.88. The molecular formula is C14H10-2. The largest absolute Gasteiger partial charge is 0.193 e. The molecule has 2 aromatic rings. The second-order valence-corrected chi connectivity index (χ2v) is 3.55. The normalized spacial score (nSPS) is 12.0. The Morgan fingerprint density at radius 3 is 1.07 bits per heavy atom. The van der Waals surface area contributed by atoms with Crippen molar-refractivity contribution in [2.75, 3.05) is 0 Å². The molecular weight excluding hydrogens is 168 g/mol. The Labute approximate surface area is 84.2 Å². The predicted octanol–water partition coefficient (Wildman–Crippen LogP) is 3.20. The van der Waals surface area contributed by atoms with Crippen molar-refractivity contribution >= 4 is 0 Å². The van der Waals surface area contributed by atoms with E-state index in [0.717, 1.165) is 0 Å². The van der Waals surface area contributed by atoms with Crippen LogP contribution < -0.4 is 0 Å². The zero-order chi connectivity index (χ0) is 9.38. The van der Waals surface area contributed by atoms with Crippen LogP contribution in [0.1, 0.15) is 22.3 Å². The first-order valence-electron chi connectivity index (χ1n) is 4.81. The summed E-state index contributed by atoms with van der Waals surface area (Å²) >= 11 is 0. The molecule has 0 unspecified atom stereocenters. The molecule has 0 fully saturated rings. The van der Waals surface area contributed by atoms with Crippen molar-refractivity contribution in [3.8, 4) is 0 Å². The molecule has 0 aliphatic heterocycles. The van der Waals surface area contributed by atoms with Crippen LogP contribution in [0.3, 0.4) is 0 Å². The summed E-state index contributed by atoms with van der Waals surface area (Å²) in [4.78, 5) is 0. The molecule has 0 aromatic heterocycles. The fourth-order valence-corrected chi connectivity index (χ4v) is 1.88. The SMILES string of the molecule is c1ccc2c(c1)[CH-]c1ccccc1[CH-]2. The maximum absolute atomic E-state index is 2.24. The molecule has 2 aromatic carbocycles. The first-order valence-corrected chi connectivity index (χ1v) is 4.81. The van der Waals surface area contributed by atoms with Gasteiger partial charge in [0.15, 0.2) is 0 Å². The molecule has 0 nitrogen and oxygen atoms in total. The van der Waals surface area contributed by atoms with Crippen LogP contribution in [-0.2, 0) is 0 Å². The third-order valence-corrected chi connectivity index (χ3v) is 2.61. The molecule has 14 heavy (non-hydrogen) atoms. The van der Waals surface area contributed by atoms with Crippen LogP contribution in [0.2, 0.25) is 0 Å². The molecule has 1 aliphatic rings. The van der Waals surface area contributed by atoms with Crippen molar-refractivity contribution in [3.05, 3.63) is 83.6 Å². The minimum atomic E-state index is 1.31. The van der Waals surface area contributed by atoms with E-state index in [1.54, 1.807) is 0 Å². The highest BCUT2D eigenvalue weighted by molar-refractivity contribution is 5.58. The molecule has 0 amide bonds. The number of fused-ring (bicyclic) bond motifs is 2. The van der Waals surface area contributed by atoms with E-state index in [1.165, 1.54) is 22.3 Å². The van der Waals surface area contributed by atoms with Gasteiger partial charge in [0.05, 0.1) is 0 Å². The van der Waals surface area contributed by atoms with E-state index in [2.05, 4.69) is 61.4 Å². The van der Waals surface area contributed by atoms with Crippen molar-refractivity contribution < 1.29 is 0 Å². The van der Waals surface area contributed by atoms with E-state index in [-0.39, 0.29) is 0 Å². The summed E-state index contributed by atoms with van der Waals surface area (Å²) in [5.74, 6) is 0. The third kappa shape index (κ3) is 1.08. The van der Waals surface area contributed by atoms with Crippen LogP contribution >= 0.6 is 0 Å². The highest BCUT2D eigenvalue weighted by atomic mass is 14.2.